The predicted molar refractivity (Wildman–Crippen MR) is 89.6 cm³/mol. The second-order valence-electron chi connectivity index (χ2n) is 6.17. The maximum absolute atomic E-state index is 12.4. The Labute approximate surface area is 146 Å². The minimum Gasteiger partial charge on any atom is -0.493 e. The summed E-state index contributed by atoms with van der Waals surface area (Å²) < 4.78 is 10.8. The lowest BCUT2D eigenvalue weighted by atomic mass is 9.83. The molecule has 0 unspecified atom stereocenters. The summed E-state index contributed by atoms with van der Waals surface area (Å²) in [5.74, 6) is -0.964. The molecule has 2 N–H and O–H groups in total. The number of carboxylic acid groups (broad SMARTS) is 1. The fourth-order valence-corrected chi connectivity index (χ4v) is 2.90. The minimum absolute atomic E-state index is 0.0620. The Hall–Kier alpha value is -2.75. The summed E-state index contributed by atoms with van der Waals surface area (Å²) in [6.07, 6.45) is 3.31. The molecule has 0 saturated heterocycles. The van der Waals surface area contributed by atoms with Crippen LogP contribution in [0.4, 0.5) is 0 Å². The molecule has 0 radical (unpaired) electrons. The maximum atomic E-state index is 12.4. The minimum atomic E-state index is -1.08. The lowest BCUT2D eigenvalue weighted by Gasteiger charge is -2.32. The smallest absolute Gasteiger partial charge is 0.335 e. The van der Waals surface area contributed by atoms with Crippen LogP contribution < -0.4 is 14.8 Å². The van der Waals surface area contributed by atoms with E-state index in [2.05, 4.69) is 11.4 Å². The predicted octanol–water partition coefficient (Wildman–Crippen LogP) is 2.50. The Kier molecular flexibility index (Phi) is 5.86. The number of nitrogens with zero attached hydrogens (tertiary/aromatic N) is 1. The van der Waals surface area contributed by atoms with Crippen LogP contribution in [0.25, 0.3) is 0 Å². The molecular weight excluding hydrogens is 324 g/mol. The Bertz CT molecular complexity index is 689. The van der Waals surface area contributed by atoms with Crippen LogP contribution in [0.2, 0.25) is 0 Å². The van der Waals surface area contributed by atoms with E-state index in [1.165, 1.54) is 25.3 Å². The van der Waals surface area contributed by atoms with Gasteiger partial charge in [0.15, 0.2) is 17.6 Å². The van der Waals surface area contributed by atoms with E-state index >= 15 is 0 Å². The van der Waals surface area contributed by atoms with Crippen molar-refractivity contribution in [1.82, 2.24) is 5.32 Å². The monoisotopic (exact) mass is 346 g/mol. The molecule has 134 valence electrons. The molecule has 7 heteroatoms. The summed E-state index contributed by atoms with van der Waals surface area (Å²) in [6.45, 7) is 1.58. The third-order valence-corrected chi connectivity index (χ3v) is 4.37. The van der Waals surface area contributed by atoms with Gasteiger partial charge in [-0.15, -0.1) is 0 Å². The number of benzene rings is 1. The molecule has 25 heavy (non-hydrogen) atoms. The Balaban J connectivity index is 2.08. The summed E-state index contributed by atoms with van der Waals surface area (Å²) in [5.41, 5.74) is -0.767. The fraction of sp³-hybridized carbons (Fsp3) is 0.500. The number of amides is 1. The van der Waals surface area contributed by atoms with Crippen molar-refractivity contribution in [2.45, 2.75) is 50.7 Å². The number of hydrogen-bond acceptors (Lipinski definition) is 5. The molecule has 0 aromatic heterocycles. The highest BCUT2D eigenvalue weighted by atomic mass is 16.5. The largest absolute Gasteiger partial charge is 0.493 e. The molecule has 0 aliphatic heterocycles. The lowest BCUT2D eigenvalue weighted by Crippen LogP contribution is -2.52. The van der Waals surface area contributed by atoms with E-state index in [4.69, 9.17) is 14.6 Å². The zero-order chi connectivity index (χ0) is 18.4. The molecule has 1 aromatic rings. The highest BCUT2D eigenvalue weighted by Gasteiger charge is 2.35. The summed E-state index contributed by atoms with van der Waals surface area (Å²) in [4.78, 5) is 23.4. The van der Waals surface area contributed by atoms with Crippen molar-refractivity contribution in [3.8, 4) is 17.6 Å². The van der Waals surface area contributed by atoms with E-state index in [0.717, 1.165) is 19.3 Å². The molecule has 7 nitrogen and oxygen atoms in total. The number of methoxy groups -OCH3 is 1. The average molecular weight is 346 g/mol. The molecule has 2 rings (SSSR count). The first-order valence-electron chi connectivity index (χ1n) is 8.22. The first-order chi connectivity index (χ1) is 11.9. The lowest BCUT2D eigenvalue weighted by molar-refractivity contribution is -0.129. The van der Waals surface area contributed by atoms with Crippen molar-refractivity contribution >= 4 is 11.9 Å². The number of nitrogens with one attached hydrogen (secondary N) is 1. The molecule has 1 aromatic carbocycles. The molecule has 1 aliphatic carbocycles. The van der Waals surface area contributed by atoms with Crippen LogP contribution >= 0.6 is 0 Å². The summed E-state index contributed by atoms with van der Waals surface area (Å²) in [7, 11) is 1.39. The van der Waals surface area contributed by atoms with Crippen LogP contribution in [0.15, 0.2) is 18.2 Å². The quantitative estimate of drug-likeness (QED) is 0.819. The molecule has 1 fully saturated rings. The van der Waals surface area contributed by atoms with Gasteiger partial charge >= 0.3 is 5.97 Å². The molecule has 1 atom stereocenters. The summed E-state index contributed by atoms with van der Waals surface area (Å²) in [6, 6.07) is 6.39. The van der Waals surface area contributed by atoms with E-state index in [9.17, 15) is 14.9 Å². The van der Waals surface area contributed by atoms with E-state index < -0.39 is 17.6 Å². The van der Waals surface area contributed by atoms with E-state index in [0.29, 0.717) is 12.8 Å². The zero-order valence-corrected chi connectivity index (χ0v) is 14.4. The van der Waals surface area contributed by atoms with Gasteiger partial charge in [-0.1, -0.05) is 19.3 Å². The van der Waals surface area contributed by atoms with Crippen LogP contribution in [0, 0.1) is 11.3 Å². The first kappa shape index (κ1) is 18.6. The van der Waals surface area contributed by atoms with Crippen LogP contribution in [-0.2, 0) is 4.79 Å². The molecule has 0 spiro atoms. The van der Waals surface area contributed by atoms with Gasteiger partial charge in [0.05, 0.1) is 18.7 Å². The Morgan fingerprint density at radius 1 is 1.28 bits per heavy atom. The van der Waals surface area contributed by atoms with Gasteiger partial charge in [0.1, 0.15) is 5.54 Å². The number of nitriles is 1. The van der Waals surface area contributed by atoms with Crippen molar-refractivity contribution in [3.63, 3.8) is 0 Å². The fourth-order valence-electron chi connectivity index (χ4n) is 2.90. The zero-order valence-electron chi connectivity index (χ0n) is 14.4. The third kappa shape index (κ3) is 4.41. The van der Waals surface area contributed by atoms with Crippen molar-refractivity contribution < 1.29 is 24.2 Å². The van der Waals surface area contributed by atoms with Crippen LogP contribution in [0.5, 0.6) is 11.5 Å². The highest BCUT2D eigenvalue weighted by Crippen LogP contribution is 2.30. The van der Waals surface area contributed by atoms with Crippen LogP contribution in [-0.4, -0.2) is 35.7 Å². The average Bonchev–Trinajstić information content (AvgIpc) is 2.62. The number of hydrogen-bond donors (Lipinski definition) is 2. The van der Waals surface area contributed by atoms with Crippen molar-refractivity contribution in [2.24, 2.45) is 0 Å². The van der Waals surface area contributed by atoms with Gasteiger partial charge in [-0.3, -0.25) is 4.79 Å². The summed E-state index contributed by atoms with van der Waals surface area (Å²) in [5, 5.41) is 21.3. The molecular formula is C18H22N2O5. The number of carbonyl (C=O) groups is 2. The van der Waals surface area contributed by atoms with Crippen molar-refractivity contribution in [3.05, 3.63) is 23.8 Å². The van der Waals surface area contributed by atoms with Gasteiger partial charge in [-0.2, -0.15) is 5.26 Å². The molecule has 1 saturated carbocycles. The normalized spacial score (nSPS) is 17.0. The third-order valence-electron chi connectivity index (χ3n) is 4.37. The Morgan fingerprint density at radius 3 is 2.52 bits per heavy atom. The van der Waals surface area contributed by atoms with Crippen LogP contribution in [0.1, 0.15) is 49.4 Å². The van der Waals surface area contributed by atoms with E-state index in [1.807, 2.05) is 0 Å². The van der Waals surface area contributed by atoms with Gasteiger partial charge in [-0.25, -0.2) is 4.79 Å². The van der Waals surface area contributed by atoms with Gasteiger partial charge in [0.2, 0.25) is 0 Å². The number of rotatable bonds is 6. The number of carbonyl (C=O) groups excluding carboxylic acids is 1. The number of ether oxygens (including phenoxy) is 2. The second-order valence-corrected chi connectivity index (χ2v) is 6.17. The highest BCUT2D eigenvalue weighted by molar-refractivity contribution is 5.88. The molecule has 0 bridgehead atoms. The first-order valence-corrected chi connectivity index (χ1v) is 8.22. The topological polar surface area (TPSA) is 109 Å². The van der Waals surface area contributed by atoms with Gasteiger partial charge in [0, 0.05) is 0 Å². The second kappa shape index (κ2) is 7.88. The van der Waals surface area contributed by atoms with Gasteiger partial charge < -0.3 is 19.9 Å². The van der Waals surface area contributed by atoms with Crippen molar-refractivity contribution in [1.29, 1.82) is 5.26 Å². The van der Waals surface area contributed by atoms with E-state index in [-0.39, 0.29) is 23.0 Å². The number of carboxylic acids is 1. The van der Waals surface area contributed by atoms with Crippen LogP contribution in [0.3, 0.4) is 0 Å². The Morgan fingerprint density at radius 2 is 1.96 bits per heavy atom. The van der Waals surface area contributed by atoms with Gasteiger partial charge in [-0.05, 0) is 38.0 Å². The van der Waals surface area contributed by atoms with E-state index in [1.54, 1.807) is 6.92 Å². The maximum Gasteiger partial charge on any atom is 0.335 e. The molecule has 1 amide bonds. The SMILES string of the molecule is COc1cc(C(=O)O)ccc1O[C@@H](C)C(=O)NC1(C#N)CCCCC1. The van der Waals surface area contributed by atoms with Gasteiger partial charge in [0.25, 0.3) is 5.91 Å². The standard InChI is InChI=1S/C18H22N2O5/c1-12(16(21)20-18(11-19)8-4-3-5-9-18)25-14-7-6-13(17(22)23)10-15(14)24-2/h6-7,10,12H,3-5,8-9H2,1-2H3,(H,20,21)(H,22,23)/t12-/m0/s1. The molecule has 1 aliphatic rings. The van der Waals surface area contributed by atoms with Crippen molar-refractivity contribution in [2.75, 3.05) is 7.11 Å². The number of aromatic carboxylic acids is 1. The molecule has 0 heterocycles. The summed E-state index contributed by atoms with van der Waals surface area (Å²) >= 11 is 0.